The SMILES string of the molecule is COc1cncc(-n2c(C(C)Nc3nc(N)nc(N)c3C#N)nc3cccc(Cl)c3c2=O)c1. The van der Waals surface area contributed by atoms with Crippen molar-refractivity contribution >= 4 is 40.1 Å². The summed E-state index contributed by atoms with van der Waals surface area (Å²) in [6.45, 7) is 1.75. The molecule has 0 aliphatic rings. The van der Waals surface area contributed by atoms with Crippen LogP contribution in [0.2, 0.25) is 5.02 Å². The molecule has 0 fully saturated rings. The van der Waals surface area contributed by atoms with E-state index in [1.54, 1.807) is 31.2 Å². The van der Waals surface area contributed by atoms with Crippen LogP contribution in [0.1, 0.15) is 24.4 Å². The van der Waals surface area contributed by atoms with Crippen LogP contribution in [-0.2, 0) is 0 Å². The summed E-state index contributed by atoms with van der Waals surface area (Å²) in [5.74, 6) is 0.713. The first-order chi connectivity index (χ1) is 15.8. The van der Waals surface area contributed by atoms with Crippen LogP contribution in [0, 0.1) is 11.3 Å². The minimum absolute atomic E-state index is 0.0248. The standard InChI is InChI=1S/C21H18ClN9O2/c1-10(27-18-13(7-23)17(24)29-21(25)30-18)19-28-15-5-3-4-14(22)16(15)20(32)31(19)11-6-12(33-2)9-26-8-11/h3-6,8-10H,1-2H3,(H5,24,25,27,29,30). The lowest BCUT2D eigenvalue weighted by Crippen LogP contribution is -2.28. The van der Waals surface area contributed by atoms with E-state index in [9.17, 15) is 10.1 Å². The predicted octanol–water partition coefficient (Wildman–Crippen LogP) is 2.44. The fraction of sp³-hybridized carbons (Fsp3) is 0.143. The van der Waals surface area contributed by atoms with Gasteiger partial charge in [-0.1, -0.05) is 17.7 Å². The van der Waals surface area contributed by atoms with Crippen molar-refractivity contribution in [1.82, 2.24) is 24.5 Å². The lowest BCUT2D eigenvalue weighted by molar-refractivity contribution is 0.412. The molecule has 1 atom stereocenters. The molecule has 0 aliphatic carbocycles. The number of hydrogen-bond acceptors (Lipinski definition) is 10. The summed E-state index contributed by atoms with van der Waals surface area (Å²) in [5, 5.41) is 13.1. The van der Waals surface area contributed by atoms with Gasteiger partial charge in [-0.15, -0.1) is 0 Å². The van der Waals surface area contributed by atoms with Crippen molar-refractivity contribution in [3.63, 3.8) is 0 Å². The maximum Gasteiger partial charge on any atom is 0.267 e. The molecule has 11 nitrogen and oxygen atoms in total. The Hall–Kier alpha value is -4.43. The zero-order valence-electron chi connectivity index (χ0n) is 17.6. The average molecular weight is 464 g/mol. The minimum atomic E-state index is -0.631. The molecule has 12 heteroatoms. The predicted molar refractivity (Wildman–Crippen MR) is 124 cm³/mol. The van der Waals surface area contributed by atoms with E-state index in [2.05, 4.69) is 25.3 Å². The quantitative estimate of drug-likeness (QED) is 0.399. The maximum absolute atomic E-state index is 13.6. The number of aromatic nitrogens is 5. The lowest BCUT2D eigenvalue weighted by Gasteiger charge is -2.21. The van der Waals surface area contributed by atoms with E-state index >= 15 is 0 Å². The van der Waals surface area contributed by atoms with Crippen molar-refractivity contribution in [2.24, 2.45) is 0 Å². The molecule has 4 aromatic rings. The summed E-state index contributed by atoms with van der Waals surface area (Å²) in [6.07, 6.45) is 3.02. The number of ether oxygens (including phenoxy) is 1. The molecule has 0 bridgehead atoms. The second-order valence-electron chi connectivity index (χ2n) is 7.00. The molecule has 0 saturated heterocycles. The number of anilines is 3. The summed E-state index contributed by atoms with van der Waals surface area (Å²) in [6, 6.07) is 7.99. The molecule has 4 rings (SSSR count). The molecule has 1 aromatic carbocycles. The third-order valence-electron chi connectivity index (χ3n) is 4.87. The number of fused-ring (bicyclic) bond motifs is 1. The third-order valence-corrected chi connectivity index (χ3v) is 5.19. The van der Waals surface area contributed by atoms with E-state index in [0.29, 0.717) is 22.8 Å². The molecule has 0 spiro atoms. The van der Waals surface area contributed by atoms with Gasteiger partial charge in [0, 0.05) is 6.07 Å². The van der Waals surface area contributed by atoms with Crippen LogP contribution in [0.15, 0.2) is 41.5 Å². The molecule has 0 radical (unpaired) electrons. The van der Waals surface area contributed by atoms with Gasteiger partial charge < -0.3 is 21.5 Å². The van der Waals surface area contributed by atoms with Gasteiger partial charge in [0.1, 0.15) is 29.0 Å². The van der Waals surface area contributed by atoms with Gasteiger partial charge in [0.15, 0.2) is 5.82 Å². The van der Waals surface area contributed by atoms with Crippen molar-refractivity contribution in [1.29, 1.82) is 5.26 Å². The van der Waals surface area contributed by atoms with E-state index in [4.69, 9.17) is 27.8 Å². The van der Waals surface area contributed by atoms with Crippen molar-refractivity contribution in [3.05, 3.63) is 63.4 Å². The van der Waals surface area contributed by atoms with Gasteiger partial charge in [-0.2, -0.15) is 15.2 Å². The number of nitriles is 1. The number of hydrogen-bond donors (Lipinski definition) is 3. The Balaban J connectivity index is 1.95. The molecule has 5 N–H and O–H groups in total. The zero-order valence-corrected chi connectivity index (χ0v) is 18.3. The Kier molecular flexibility index (Phi) is 5.68. The second-order valence-corrected chi connectivity index (χ2v) is 7.40. The summed E-state index contributed by atoms with van der Waals surface area (Å²) in [7, 11) is 1.50. The van der Waals surface area contributed by atoms with Gasteiger partial charge in [-0.25, -0.2) is 4.98 Å². The molecule has 33 heavy (non-hydrogen) atoms. The van der Waals surface area contributed by atoms with Gasteiger partial charge in [0.05, 0.1) is 47.2 Å². The Morgan fingerprint density at radius 2 is 2.03 bits per heavy atom. The molecule has 3 aromatic heterocycles. The highest BCUT2D eigenvalue weighted by atomic mass is 35.5. The zero-order chi connectivity index (χ0) is 23.7. The van der Waals surface area contributed by atoms with Crippen LogP contribution in [-0.4, -0.2) is 31.6 Å². The molecule has 166 valence electrons. The molecule has 1 unspecified atom stereocenters. The summed E-state index contributed by atoms with van der Waals surface area (Å²) < 4.78 is 6.64. The maximum atomic E-state index is 13.6. The van der Waals surface area contributed by atoms with Gasteiger partial charge >= 0.3 is 0 Å². The van der Waals surface area contributed by atoms with E-state index in [1.807, 2.05) is 6.07 Å². The molecular formula is C21H18ClN9O2. The van der Waals surface area contributed by atoms with Gasteiger partial charge in [0.25, 0.3) is 5.56 Å². The molecule has 3 heterocycles. The van der Waals surface area contributed by atoms with Crippen molar-refractivity contribution in [2.75, 3.05) is 23.9 Å². The second kappa shape index (κ2) is 8.60. The Labute approximate surface area is 192 Å². The van der Waals surface area contributed by atoms with Crippen LogP contribution < -0.4 is 27.1 Å². The number of pyridine rings is 1. The van der Waals surface area contributed by atoms with E-state index in [0.717, 1.165) is 0 Å². The first kappa shape index (κ1) is 21.8. The van der Waals surface area contributed by atoms with Crippen molar-refractivity contribution in [3.8, 4) is 17.5 Å². The first-order valence-corrected chi connectivity index (χ1v) is 10.0. The van der Waals surface area contributed by atoms with Crippen LogP contribution in [0.5, 0.6) is 5.75 Å². The first-order valence-electron chi connectivity index (χ1n) is 9.64. The van der Waals surface area contributed by atoms with Crippen LogP contribution in [0.3, 0.4) is 0 Å². The van der Waals surface area contributed by atoms with E-state index in [-0.39, 0.29) is 33.6 Å². The monoisotopic (exact) mass is 463 g/mol. The molecular weight excluding hydrogens is 446 g/mol. The van der Waals surface area contributed by atoms with E-state index in [1.165, 1.54) is 24.1 Å². The highest BCUT2D eigenvalue weighted by Gasteiger charge is 2.22. The Morgan fingerprint density at radius 1 is 1.24 bits per heavy atom. The lowest BCUT2D eigenvalue weighted by atomic mass is 10.2. The Morgan fingerprint density at radius 3 is 2.76 bits per heavy atom. The average Bonchev–Trinajstić information content (AvgIpc) is 2.78. The number of nitrogens with zero attached hydrogens (tertiary/aromatic N) is 6. The topological polar surface area (TPSA) is 171 Å². The summed E-state index contributed by atoms with van der Waals surface area (Å²) >= 11 is 6.33. The third kappa shape index (κ3) is 3.95. The minimum Gasteiger partial charge on any atom is -0.495 e. The number of nitrogens with one attached hydrogen (secondary N) is 1. The highest BCUT2D eigenvalue weighted by Crippen LogP contribution is 2.27. The molecule has 0 amide bonds. The number of benzene rings is 1. The van der Waals surface area contributed by atoms with Crippen molar-refractivity contribution in [2.45, 2.75) is 13.0 Å². The largest absolute Gasteiger partial charge is 0.495 e. The number of halogens is 1. The van der Waals surface area contributed by atoms with Crippen LogP contribution in [0.4, 0.5) is 17.6 Å². The normalized spacial score (nSPS) is 11.7. The van der Waals surface area contributed by atoms with Crippen LogP contribution in [0.25, 0.3) is 16.6 Å². The highest BCUT2D eigenvalue weighted by molar-refractivity contribution is 6.35. The number of nitrogen functional groups attached to an aromatic ring is 2. The summed E-state index contributed by atoms with van der Waals surface area (Å²) in [4.78, 5) is 30.3. The molecule has 0 saturated carbocycles. The number of rotatable bonds is 5. The van der Waals surface area contributed by atoms with Crippen LogP contribution >= 0.6 is 11.6 Å². The number of methoxy groups -OCH3 is 1. The van der Waals surface area contributed by atoms with E-state index < -0.39 is 11.6 Å². The summed E-state index contributed by atoms with van der Waals surface area (Å²) in [5.41, 5.74) is 12.0. The fourth-order valence-electron chi connectivity index (χ4n) is 3.37. The van der Waals surface area contributed by atoms with Crippen molar-refractivity contribution < 1.29 is 4.74 Å². The number of nitrogens with two attached hydrogens (primary N) is 2. The smallest absolute Gasteiger partial charge is 0.267 e. The van der Waals surface area contributed by atoms with Gasteiger partial charge in [-0.3, -0.25) is 14.3 Å². The Bertz CT molecular complexity index is 1480. The van der Waals surface area contributed by atoms with Gasteiger partial charge in [0.2, 0.25) is 5.95 Å². The fourth-order valence-corrected chi connectivity index (χ4v) is 3.62. The molecule has 0 aliphatic heterocycles. The van der Waals surface area contributed by atoms with Gasteiger partial charge in [-0.05, 0) is 19.1 Å².